The Morgan fingerprint density at radius 2 is 1.67 bits per heavy atom. The summed E-state index contributed by atoms with van der Waals surface area (Å²) < 4.78 is 0. The van der Waals surface area contributed by atoms with E-state index in [9.17, 15) is 0 Å². The van der Waals surface area contributed by atoms with Crippen molar-refractivity contribution < 1.29 is 0 Å². The third-order valence-electron chi connectivity index (χ3n) is 2.94. The molecule has 76 valence electrons. The van der Waals surface area contributed by atoms with Gasteiger partial charge < -0.3 is 0 Å². The predicted octanol–water partition coefficient (Wildman–Crippen LogP) is 2.98. The zero-order chi connectivity index (χ0) is 10.1. The Kier molecular flexibility index (Phi) is 2.37. The molecule has 2 heteroatoms. The summed E-state index contributed by atoms with van der Waals surface area (Å²) in [7, 11) is 0. The summed E-state index contributed by atoms with van der Waals surface area (Å²) in [5.74, 6) is 1.04. The fraction of sp³-hybridized carbons (Fsp3) is 0.308. The molecule has 0 aromatic heterocycles. The van der Waals surface area contributed by atoms with Gasteiger partial charge in [0, 0.05) is 17.1 Å². The van der Waals surface area contributed by atoms with Crippen LogP contribution in [0.3, 0.4) is 0 Å². The van der Waals surface area contributed by atoms with E-state index in [1.807, 2.05) is 11.8 Å². The van der Waals surface area contributed by atoms with Gasteiger partial charge in [-0.1, -0.05) is 48.6 Å². The molecular weight excluding hydrogens is 202 g/mol. The predicted molar refractivity (Wildman–Crippen MR) is 67.2 cm³/mol. The van der Waals surface area contributed by atoms with Gasteiger partial charge in [0.1, 0.15) is 0 Å². The maximum absolute atomic E-state index is 4.65. The van der Waals surface area contributed by atoms with Gasteiger partial charge >= 0.3 is 0 Å². The Labute approximate surface area is 94.4 Å². The van der Waals surface area contributed by atoms with Crippen LogP contribution in [0.5, 0.6) is 0 Å². The van der Waals surface area contributed by atoms with Crippen molar-refractivity contribution in [1.82, 2.24) is 0 Å². The molecule has 0 aromatic rings. The molecule has 0 spiro atoms. The normalized spacial score (nSPS) is 29.6. The Morgan fingerprint density at radius 3 is 2.40 bits per heavy atom. The van der Waals surface area contributed by atoms with E-state index in [-0.39, 0.29) is 0 Å². The number of allylic oxidation sites excluding steroid dienone is 8. The molecule has 0 aromatic carbocycles. The van der Waals surface area contributed by atoms with E-state index in [4.69, 9.17) is 0 Å². The first kappa shape index (κ1) is 9.22. The maximum Gasteiger partial charge on any atom is 0.0787 e. The molecule has 0 saturated heterocycles. The van der Waals surface area contributed by atoms with E-state index in [0.29, 0.717) is 17.1 Å². The molecular formula is C13H13NS. The first-order valence-corrected chi connectivity index (χ1v) is 6.22. The van der Waals surface area contributed by atoms with Crippen molar-refractivity contribution in [1.29, 1.82) is 0 Å². The van der Waals surface area contributed by atoms with Crippen LogP contribution in [0.15, 0.2) is 53.6 Å². The molecule has 15 heavy (non-hydrogen) atoms. The minimum Gasteiger partial charge on any atom is -0.281 e. The summed E-state index contributed by atoms with van der Waals surface area (Å²) in [5.41, 5.74) is 0. The number of thioether (sulfide) groups is 1. The lowest BCUT2D eigenvalue weighted by molar-refractivity contribution is 0.760. The highest BCUT2D eigenvalue weighted by Crippen LogP contribution is 2.34. The summed E-state index contributed by atoms with van der Waals surface area (Å²) in [6.07, 6.45) is 17.5. The molecule has 0 N–H and O–H groups in total. The van der Waals surface area contributed by atoms with Crippen LogP contribution in [0.1, 0.15) is 0 Å². The second-order valence-electron chi connectivity index (χ2n) is 3.98. The van der Waals surface area contributed by atoms with E-state index in [0.717, 1.165) is 6.54 Å². The second kappa shape index (κ2) is 3.86. The largest absolute Gasteiger partial charge is 0.281 e. The molecule has 1 heterocycles. The number of rotatable bonds is 2. The van der Waals surface area contributed by atoms with Gasteiger partial charge in [-0.15, -0.1) is 11.8 Å². The van der Waals surface area contributed by atoms with Gasteiger partial charge in [-0.05, 0) is 0 Å². The molecule has 2 aliphatic carbocycles. The van der Waals surface area contributed by atoms with Gasteiger partial charge in [0.2, 0.25) is 0 Å². The fourth-order valence-electron chi connectivity index (χ4n) is 2.09. The summed E-state index contributed by atoms with van der Waals surface area (Å²) in [5, 5.41) is 1.91. The highest BCUT2D eigenvalue weighted by atomic mass is 32.2. The van der Waals surface area contributed by atoms with Crippen molar-refractivity contribution in [3.05, 3.63) is 48.6 Å². The van der Waals surface area contributed by atoms with E-state index in [1.165, 1.54) is 5.04 Å². The zero-order valence-corrected chi connectivity index (χ0v) is 9.23. The van der Waals surface area contributed by atoms with Gasteiger partial charge in [0.05, 0.1) is 11.6 Å². The van der Waals surface area contributed by atoms with Crippen molar-refractivity contribution in [2.45, 2.75) is 5.25 Å². The molecule has 0 bridgehead atoms. The SMILES string of the molecule is C1=CC(C2=NC[C@H](C3C=CC=C3)S2)C=C1. The van der Waals surface area contributed by atoms with Gasteiger partial charge in [-0.25, -0.2) is 0 Å². The van der Waals surface area contributed by atoms with Crippen molar-refractivity contribution in [3.8, 4) is 0 Å². The third-order valence-corrected chi connectivity index (χ3v) is 4.35. The monoisotopic (exact) mass is 215 g/mol. The molecule has 3 aliphatic rings. The highest BCUT2D eigenvalue weighted by Gasteiger charge is 2.28. The van der Waals surface area contributed by atoms with Gasteiger partial charge in [0.25, 0.3) is 0 Å². The van der Waals surface area contributed by atoms with E-state index < -0.39 is 0 Å². The van der Waals surface area contributed by atoms with E-state index in [1.54, 1.807) is 0 Å². The molecule has 0 saturated carbocycles. The fourth-order valence-corrected chi connectivity index (χ4v) is 3.35. The average molecular weight is 215 g/mol. The first-order valence-electron chi connectivity index (χ1n) is 5.34. The number of aliphatic imine (C=N–C) groups is 1. The van der Waals surface area contributed by atoms with Gasteiger partial charge in [-0.2, -0.15) is 0 Å². The molecule has 3 rings (SSSR count). The van der Waals surface area contributed by atoms with Gasteiger partial charge in [-0.3, -0.25) is 4.99 Å². The number of hydrogen-bond donors (Lipinski definition) is 0. The van der Waals surface area contributed by atoms with Crippen molar-refractivity contribution in [2.75, 3.05) is 6.54 Å². The molecule has 0 radical (unpaired) electrons. The molecule has 0 amide bonds. The smallest absolute Gasteiger partial charge is 0.0787 e. The second-order valence-corrected chi connectivity index (χ2v) is 5.24. The van der Waals surface area contributed by atoms with E-state index in [2.05, 4.69) is 53.6 Å². The third kappa shape index (κ3) is 1.74. The molecule has 1 aliphatic heterocycles. The standard InChI is InChI=1S/C13H13NS/c1-2-6-10(5-1)12-9-14-13(15-12)11-7-3-4-8-11/h1-8,10-12H,9H2/t12-/m1/s1. The topological polar surface area (TPSA) is 12.4 Å². The molecule has 0 fully saturated rings. The Morgan fingerprint density at radius 1 is 1.00 bits per heavy atom. The summed E-state index contributed by atoms with van der Waals surface area (Å²) in [6.45, 7) is 0.970. The summed E-state index contributed by atoms with van der Waals surface area (Å²) in [4.78, 5) is 4.65. The number of hydrogen-bond acceptors (Lipinski definition) is 2. The van der Waals surface area contributed by atoms with Crippen LogP contribution in [-0.4, -0.2) is 16.8 Å². The Hall–Kier alpha value is -1.02. The molecule has 0 unspecified atom stereocenters. The van der Waals surface area contributed by atoms with Crippen LogP contribution < -0.4 is 0 Å². The van der Waals surface area contributed by atoms with Crippen molar-refractivity contribution in [3.63, 3.8) is 0 Å². The summed E-state index contributed by atoms with van der Waals surface area (Å²) >= 11 is 1.95. The van der Waals surface area contributed by atoms with Crippen LogP contribution in [0.25, 0.3) is 0 Å². The van der Waals surface area contributed by atoms with Gasteiger partial charge in [0.15, 0.2) is 0 Å². The zero-order valence-electron chi connectivity index (χ0n) is 8.41. The van der Waals surface area contributed by atoms with Crippen LogP contribution in [0.2, 0.25) is 0 Å². The maximum atomic E-state index is 4.65. The quantitative estimate of drug-likeness (QED) is 0.690. The molecule has 1 atom stereocenters. The number of nitrogens with zero attached hydrogens (tertiary/aromatic N) is 1. The Bertz CT molecular complexity index is 377. The lowest BCUT2D eigenvalue weighted by Crippen LogP contribution is -2.13. The highest BCUT2D eigenvalue weighted by molar-refractivity contribution is 8.14. The van der Waals surface area contributed by atoms with Crippen LogP contribution in [-0.2, 0) is 0 Å². The van der Waals surface area contributed by atoms with Crippen LogP contribution >= 0.6 is 11.8 Å². The summed E-state index contributed by atoms with van der Waals surface area (Å²) in [6, 6.07) is 0. The Balaban J connectivity index is 1.66. The van der Waals surface area contributed by atoms with Crippen molar-refractivity contribution >= 4 is 16.8 Å². The molecule has 1 nitrogen and oxygen atoms in total. The minimum atomic E-state index is 0.453. The van der Waals surface area contributed by atoms with Crippen LogP contribution in [0.4, 0.5) is 0 Å². The lowest BCUT2D eigenvalue weighted by atomic mass is 10.1. The lowest BCUT2D eigenvalue weighted by Gasteiger charge is -2.13. The van der Waals surface area contributed by atoms with Crippen molar-refractivity contribution in [2.24, 2.45) is 16.8 Å². The first-order chi connectivity index (χ1) is 7.43. The average Bonchev–Trinajstić information content (AvgIpc) is 3.02. The minimum absolute atomic E-state index is 0.453. The van der Waals surface area contributed by atoms with E-state index >= 15 is 0 Å². The van der Waals surface area contributed by atoms with Crippen LogP contribution in [0, 0.1) is 11.8 Å².